The number of Topliss-reactive ketones (excluding diaryl/α,β-unsaturated/α-hetero) is 1. The van der Waals surface area contributed by atoms with E-state index in [4.69, 9.17) is 9.47 Å². The highest BCUT2D eigenvalue weighted by Gasteiger charge is 2.46. The highest BCUT2D eigenvalue weighted by atomic mass is 16.5. The van der Waals surface area contributed by atoms with Crippen molar-refractivity contribution in [1.82, 2.24) is 5.32 Å². The van der Waals surface area contributed by atoms with Crippen molar-refractivity contribution in [1.29, 1.82) is 0 Å². The third-order valence-electron chi connectivity index (χ3n) is 6.45. The first-order valence-corrected chi connectivity index (χ1v) is 11.3. The summed E-state index contributed by atoms with van der Waals surface area (Å²) in [5.41, 5.74) is 4.89. The highest BCUT2D eigenvalue weighted by Crippen LogP contribution is 2.48. The Hall–Kier alpha value is -3.34. The third kappa shape index (κ3) is 4.72. The number of nitrogens with one attached hydrogen (secondary N) is 1. The van der Waals surface area contributed by atoms with Gasteiger partial charge in [-0.2, -0.15) is 0 Å². The molecule has 1 N–H and O–H groups in total. The maximum Gasteiger partial charge on any atom is 0.316 e. The lowest BCUT2D eigenvalue weighted by atomic mass is 9.66. The van der Waals surface area contributed by atoms with Crippen molar-refractivity contribution in [2.75, 3.05) is 7.11 Å². The van der Waals surface area contributed by atoms with Crippen molar-refractivity contribution >= 4 is 11.8 Å². The quantitative estimate of drug-likeness (QED) is 0.641. The van der Waals surface area contributed by atoms with Crippen molar-refractivity contribution in [3.05, 3.63) is 88.8 Å². The zero-order valence-electron chi connectivity index (χ0n) is 19.7. The maximum absolute atomic E-state index is 13.4. The van der Waals surface area contributed by atoms with E-state index in [-0.39, 0.29) is 23.8 Å². The lowest BCUT2D eigenvalue weighted by Gasteiger charge is -2.42. The van der Waals surface area contributed by atoms with Crippen LogP contribution < -0.4 is 10.1 Å². The normalized spacial score (nSPS) is 21.8. The number of methoxy groups -OCH3 is 1. The molecule has 172 valence electrons. The first kappa shape index (κ1) is 22.8. The SMILES string of the molecule is C=C1NC2=C(C(=O)CC(C)(C)C2)C(c2cccc(C)c2)C1C(=O)OCc1ccc(OC)cc1. The van der Waals surface area contributed by atoms with Gasteiger partial charge in [-0.25, -0.2) is 0 Å². The molecule has 2 unspecified atom stereocenters. The van der Waals surface area contributed by atoms with Crippen molar-refractivity contribution in [3.8, 4) is 5.75 Å². The largest absolute Gasteiger partial charge is 0.497 e. The number of ketones is 1. The number of carbonyl (C=O) groups excluding carboxylic acids is 2. The number of hydrogen-bond donors (Lipinski definition) is 1. The molecule has 2 aromatic rings. The molecule has 0 radical (unpaired) electrons. The van der Waals surface area contributed by atoms with E-state index >= 15 is 0 Å². The van der Waals surface area contributed by atoms with Crippen molar-refractivity contribution < 1.29 is 19.1 Å². The van der Waals surface area contributed by atoms with Gasteiger partial charge in [-0.15, -0.1) is 0 Å². The molecule has 0 saturated carbocycles. The number of benzene rings is 2. The maximum atomic E-state index is 13.4. The van der Waals surface area contributed by atoms with Gasteiger partial charge in [0.05, 0.1) is 7.11 Å². The van der Waals surface area contributed by atoms with E-state index in [2.05, 4.69) is 25.7 Å². The van der Waals surface area contributed by atoms with E-state index in [9.17, 15) is 9.59 Å². The Balaban J connectivity index is 1.68. The molecule has 0 fully saturated rings. The summed E-state index contributed by atoms with van der Waals surface area (Å²) < 4.78 is 10.9. The first-order chi connectivity index (χ1) is 15.7. The molecular formula is C28H31NO4. The van der Waals surface area contributed by atoms with Crippen LogP contribution in [0.25, 0.3) is 0 Å². The number of rotatable bonds is 5. The van der Waals surface area contributed by atoms with E-state index in [0.717, 1.165) is 34.6 Å². The van der Waals surface area contributed by atoms with E-state index in [1.165, 1.54) is 0 Å². The molecule has 0 amide bonds. The van der Waals surface area contributed by atoms with Gasteiger partial charge in [-0.05, 0) is 42.0 Å². The third-order valence-corrected chi connectivity index (χ3v) is 6.45. The van der Waals surface area contributed by atoms with Gasteiger partial charge < -0.3 is 14.8 Å². The van der Waals surface area contributed by atoms with Crippen LogP contribution in [0.3, 0.4) is 0 Å². The molecule has 1 heterocycles. The predicted molar refractivity (Wildman–Crippen MR) is 128 cm³/mol. The minimum atomic E-state index is -0.686. The van der Waals surface area contributed by atoms with E-state index in [1.807, 2.05) is 55.5 Å². The van der Waals surface area contributed by atoms with E-state index in [0.29, 0.717) is 17.7 Å². The summed E-state index contributed by atoms with van der Waals surface area (Å²) in [6.45, 7) is 10.5. The molecule has 33 heavy (non-hydrogen) atoms. The number of aryl methyl sites for hydroxylation is 1. The summed E-state index contributed by atoms with van der Waals surface area (Å²) in [6, 6.07) is 15.4. The number of esters is 1. The fraction of sp³-hybridized carbons (Fsp3) is 0.357. The van der Waals surface area contributed by atoms with Crippen molar-refractivity contribution in [3.63, 3.8) is 0 Å². The summed E-state index contributed by atoms with van der Waals surface area (Å²) in [4.78, 5) is 26.7. The Bertz CT molecular complexity index is 1130. The molecule has 0 aromatic heterocycles. The molecule has 1 aliphatic carbocycles. The topological polar surface area (TPSA) is 64.6 Å². The van der Waals surface area contributed by atoms with Gasteiger partial charge in [0.1, 0.15) is 18.3 Å². The van der Waals surface area contributed by atoms with Crippen molar-refractivity contribution in [2.45, 2.75) is 46.1 Å². The lowest BCUT2D eigenvalue weighted by molar-refractivity contribution is -0.149. The molecule has 4 rings (SSSR count). The van der Waals surface area contributed by atoms with Crippen LogP contribution in [0.1, 0.15) is 49.3 Å². The molecule has 1 aliphatic heterocycles. The van der Waals surface area contributed by atoms with Crippen LogP contribution >= 0.6 is 0 Å². The van der Waals surface area contributed by atoms with Gasteiger partial charge >= 0.3 is 5.97 Å². The zero-order valence-corrected chi connectivity index (χ0v) is 19.7. The minimum absolute atomic E-state index is 0.0840. The molecule has 0 spiro atoms. The standard InChI is InChI=1S/C28H31NO4/c1-17-7-6-8-20(13-17)25-24(27(31)33-16-19-9-11-21(32-5)12-10-19)18(2)29-22-14-28(3,4)15-23(30)26(22)25/h6-13,24-25,29H,2,14-16H2,1,3-5H3. The number of ether oxygens (including phenoxy) is 2. The van der Waals surface area contributed by atoms with Crippen LogP contribution in [-0.4, -0.2) is 18.9 Å². The van der Waals surface area contributed by atoms with Gasteiger partial charge in [0, 0.05) is 29.3 Å². The fourth-order valence-corrected chi connectivity index (χ4v) is 4.91. The summed E-state index contributed by atoms with van der Waals surface area (Å²) >= 11 is 0. The fourth-order valence-electron chi connectivity index (χ4n) is 4.91. The number of carbonyl (C=O) groups is 2. The predicted octanol–water partition coefficient (Wildman–Crippen LogP) is 5.21. The Morgan fingerprint density at radius 1 is 1.15 bits per heavy atom. The van der Waals surface area contributed by atoms with Crippen LogP contribution in [0.2, 0.25) is 0 Å². The zero-order chi connectivity index (χ0) is 23.8. The van der Waals surface area contributed by atoms with Gasteiger partial charge in [-0.1, -0.05) is 62.4 Å². The highest BCUT2D eigenvalue weighted by molar-refractivity contribution is 6.00. The molecule has 2 atom stereocenters. The van der Waals surface area contributed by atoms with Gasteiger partial charge in [0.2, 0.25) is 0 Å². The van der Waals surface area contributed by atoms with Crippen LogP contribution in [0.15, 0.2) is 72.1 Å². The van der Waals surface area contributed by atoms with Crippen LogP contribution in [-0.2, 0) is 20.9 Å². The lowest BCUT2D eigenvalue weighted by Crippen LogP contribution is -2.43. The summed E-state index contributed by atoms with van der Waals surface area (Å²) in [5.74, 6) is -0.665. The Labute approximate surface area is 195 Å². The summed E-state index contributed by atoms with van der Waals surface area (Å²) in [7, 11) is 1.61. The molecule has 5 nitrogen and oxygen atoms in total. The second-order valence-electron chi connectivity index (χ2n) is 9.81. The van der Waals surface area contributed by atoms with Crippen LogP contribution in [0.4, 0.5) is 0 Å². The van der Waals surface area contributed by atoms with Crippen LogP contribution in [0, 0.1) is 18.3 Å². The second kappa shape index (κ2) is 8.89. The number of allylic oxidation sites excluding steroid dienone is 2. The molecular weight excluding hydrogens is 414 g/mol. The number of hydrogen-bond acceptors (Lipinski definition) is 5. The van der Waals surface area contributed by atoms with E-state index in [1.54, 1.807) is 7.11 Å². The Kier molecular flexibility index (Phi) is 6.15. The van der Waals surface area contributed by atoms with Crippen LogP contribution in [0.5, 0.6) is 5.75 Å². The molecule has 0 saturated heterocycles. The average Bonchev–Trinajstić information content (AvgIpc) is 2.76. The smallest absolute Gasteiger partial charge is 0.316 e. The minimum Gasteiger partial charge on any atom is -0.497 e. The van der Waals surface area contributed by atoms with Gasteiger partial charge in [0.25, 0.3) is 0 Å². The Morgan fingerprint density at radius 2 is 1.88 bits per heavy atom. The van der Waals surface area contributed by atoms with Crippen molar-refractivity contribution in [2.24, 2.45) is 11.3 Å². The summed E-state index contributed by atoms with van der Waals surface area (Å²) in [5, 5.41) is 3.31. The van der Waals surface area contributed by atoms with Gasteiger partial charge in [0.15, 0.2) is 5.78 Å². The molecule has 5 heteroatoms. The van der Waals surface area contributed by atoms with Gasteiger partial charge in [-0.3, -0.25) is 9.59 Å². The monoisotopic (exact) mass is 445 g/mol. The molecule has 2 aliphatic rings. The molecule has 0 bridgehead atoms. The average molecular weight is 446 g/mol. The second-order valence-corrected chi connectivity index (χ2v) is 9.81. The molecule has 2 aromatic carbocycles. The summed E-state index contributed by atoms with van der Waals surface area (Å²) in [6.07, 6.45) is 1.19. The first-order valence-electron chi connectivity index (χ1n) is 11.3. The Morgan fingerprint density at radius 3 is 2.55 bits per heavy atom. The van der Waals surface area contributed by atoms with E-state index < -0.39 is 11.8 Å².